The minimum absolute atomic E-state index is 0.0444. The average molecular weight is 804 g/mol. The van der Waals surface area contributed by atoms with Gasteiger partial charge in [0.1, 0.15) is 24.7 Å². The molecule has 1 saturated carbocycles. The molecule has 0 bridgehead atoms. The Morgan fingerprint density at radius 2 is 1.57 bits per heavy atom. The van der Waals surface area contributed by atoms with Gasteiger partial charge in [0, 0.05) is 61.1 Å². The quantitative estimate of drug-likeness (QED) is 0.227. The molecule has 0 saturated heterocycles. The molecule has 5 rings (SSSR count). The first-order valence-electron chi connectivity index (χ1n) is 15.6. The number of carbonyl (C=O) groups is 4. The SMILES string of the molecule is CS(=O)(=O)c1ccc(C(=O)C2C(=O)CCCC2=O)c(Cl)c1COCC(F)(F)F.Cc1c(C(=O)c2cnn(C)c2O)ccc(S(C)(=O)=O)c1C1=NOCC1. The van der Waals surface area contributed by atoms with Crippen LogP contribution < -0.4 is 0 Å². The molecule has 1 aliphatic heterocycles. The number of oxime groups is 1. The van der Waals surface area contributed by atoms with Gasteiger partial charge in [-0.3, -0.25) is 19.2 Å². The number of rotatable bonds is 10. The Kier molecular flexibility index (Phi) is 12.4. The van der Waals surface area contributed by atoms with Crippen LogP contribution in [0.15, 0.2) is 45.4 Å². The van der Waals surface area contributed by atoms with Gasteiger partial charge < -0.3 is 14.7 Å². The molecule has 1 aromatic heterocycles. The third-order valence-corrected chi connectivity index (χ3v) is 11.0. The number of aryl methyl sites for hydroxylation is 1. The fourth-order valence-corrected chi connectivity index (χ4v) is 7.97. The standard InChI is InChI=1S/C17H16ClF3O6S.C16H17N3O5S/c1-28(25,26)13-6-5-9(15(18)10(13)7-27-8-17(19,20)21)16(24)14-11(22)3-2-4-12(14)23;1-9-10(15(20)11-8-17-19(2)16(11)21)4-5-13(25(3,22)23)14(9)12-6-7-24-18-12/h5-6,14H,2-4,7-8H2,1H3;4-5,8,21H,6-7H2,1-3H3. The lowest BCUT2D eigenvalue weighted by Crippen LogP contribution is -2.35. The van der Waals surface area contributed by atoms with E-state index in [0.29, 0.717) is 36.3 Å². The van der Waals surface area contributed by atoms with Crippen molar-refractivity contribution in [3.8, 4) is 5.88 Å². The maximum absolute atomic E-state index is 12.8. The number of halogens is 4. The van der Waals surface area contributed by atoms with Gasteiger partial charge in [-0.25, -0.2) is 21.5 Å². The van der Waals surface area contributed by atoms with Crippen molar-refractivity contribution in [2.45, 2.75) is 55.2 Å². The fraction of sp³-hybridized carbons (Fsp3) is 0.394. The largest absolute Gasteiger partial charge is 0.493 e. The minimum Gasteiger partial charge on any atom is -0.493 e. The fourth-order valence-electron chi connectivity index (χ4n) is 5.72. The predicted octanol–water partition coefficient (Wildman–Crippen LogP) is 4.14. The van der Waals surface area contributed by atoms with Crippen LogP contribution in [0.1, 0.15) is 68.7 Å². The van der Waals surface area contributed by atoms with Crippen LogP contribution in [-0.2, 0) is 52.5 Å². The number of Topliss-reactive ketones (excluding diaryl/α,β-unsaturated/α-hetero) is 3. The van der Waals surface area contributed by atoms with Crippen molar-refractivity contribution >= 4 is 60.1 Å². The van der Waals surface area contributed by atoms with Gasteiger partial charge in [0.2, 0.25) is 5.88 Å². The van der Waals surface area contributed by atoms with E-state index < -0.39 is 78.0 Å². The molecule has 2 heterocycles. The summed E-state index contributed by atoms with van der Waals surface area (Å²) in [6, 6.07) is 4.88. The van der Waals surface area contributed by atoms with Gasteiger partial charge in [0.15, 0.2) is 42.8 Å². The van der Waals surface area contributed by atoms with E-state index >= 15 is 0 Å². The number of aromatic nitrogens is 2. The van der Waals surface area contributed by atoms with Crippen molar-refractivity contribution in [3.05, 3.63) is 68.9 Å². The molecule has 0 atom stereocenters. The number of nitrogens with zero attached hydrogens (tertiary/aromatic N) is 3. The number of ketones is 4. The van der Waals surface area contributed by atoms with Crippen molar-refractivity contribution in [2.24, 2.45) is 18.1 Å². The van der Waals surface area contributed by atoms with E-state index in [-0.39, 0.29) is 45.9 Å². The van der Waals surface area contributed by atoms with Gasteiger partial charge in [0.05, 0.1) is 33.3 Å². The highest BCUT2D eigenvalue weighted by molar-refractivity contribution is 7.91. The summed E-state index contributed by atoms with van der Waals surface area (Å²) < 4.78 is 90.8. The molecular weight excluding hydrogens is 771 g/mol. The Bertz CT molecular complexity index is 2230. The van der Waals surface area contributed by atoms with Gasteiger partial charge in [-0.05, 0) is 43.2 Å². The second-order valence-electron chi connectivity index (χ2n) is 12.2. The molecular formula is C33H33ClF3N3O11S2. The van der Waals surface area contributed by atoms with E-state index in [9.17, 15) is 54.3 Å². The van der Waals surface area contributed by atoms with Crippen LogP contribution in [0, 0.1) is 12.8 Å². The van der Waals surface area contributed by atoms with E-state index in [1.165, 1.54) is 30.1 Å². The van der Waals surface area contributed by atoms with Gasteiger partial charge in [-0.1, -0.05) is 16.8 Å². The molecule has 286 valence electrons. The van der Waals surface area contributed by atoms with E-state index in [0.717, 1.165) is 24.6 Å². The van der Waals surface area contributed by atoms with E-state index in [2.05, 4.69) is 15.0 Å². The van der Waals surface area contributed by atoms with Crippen molar-refractivity contribution in [1.29, 1.82) is 0 Å². The summed E-state index contributed by atoms with van der Waals surface area (Å²) >= 11 is 6.11. The smallest absolute Gasteiger partial charge is 0.411 e. The first kappa shape index (κ1) is 41.3. The van der Waals surface area contributed by atoms with Gasteiger partial charge in [-0.2, -0.15) is 18.3 Å². The molecule has 2 aliphatic rings. The lowest BCUT2D eigenvalue weighted by molar-refractivity contribution is -0.176. The Morgan fingerprint density at radius 1 is 0.981 bits per heavy atom. The predicted molar refractivity (Wildman–Crippen MR) is 182 cm³/mol. The first-order valence-corrected chi connectivity index (χ1v) is 19.7. The summed E-state index contributed by atoms with van der Waals surface area (Å²) in [6.45, 7) is -0.455. The van der Waals surface area contributed by atoms with Crippen molar-refractivity contribution in [1.82, 2.24) is 9.78 Å². The summed E-state index contributed by atoms with van der Waals surface area (Å²) in [5.74, 6) is -4.28. The molecule has 0 spiro atoms. The van der Waals surface area contributed by atoms with Crippen LogP contribution >= 0.6 is 11.6 Å². The Hall–Kier alpha value is -4.46. The molecule has 14 nitrogen and oxygen atoms in total. The maximum atomic E-state index is 12.8. The van der Waals surface area contributed by atoms with Crippen LogP contribution in [0.5, 0.6) is 5.88 Å². The number of hydrogen-bond donors (Lipinski definition) is 1. The summed E-state index contributed by atoms with van der Waals surface area (Å²) in [5, 5.41) is 17.3. The summed E-state index contributed by atoms with van der Waals surface area (Å²) in [4.78, 5) is 54.2. The van der Waals surface area contributed by atoms with E-state index in [4.69, 9.17) is 16.4 Å². The van der Waals surface area contributed by atoms with Gasteiger partial charge in [0.25, 0.3) is 0 Å². The van der Waals surface area contributed by atoms with Crippen LogP contribution in [0.4, 0.5) is 13.2 Å². The third-order valence-electron chi connectivity index (χ3n) is 8.25. The zero-order valence-electron chi connectivity index (χ0n) is 28.6. The molecule has 1 N–H and O–H groups in total. The van der Waals surface area contributed by atoms with Crippen molar-refractivity contribution in [3.63, 3.8) is 0 Å². The number of sulfone groups is 2. The molecule has 0 amide bonds. The lowest BCUT2D eigenvalue weighted by atomic mass is 9.81. The number of carbonyl (C=O) groups excluding carboxylic acids is 4. The molecule has 0 radical (unpaired) electrons. The number of benzene rings is 2. The topological polar surface area (TPSA) is 205 Å². The van der Waals surface area contributed by atoms with Crippen LogP contribution in [0.25, 0.3) is 0 Å². The molecule has 53 heavy (non-hydrogen) atoms. The molecule has 20 heteroatoms. The highest BCUT2D eigenvalue weighted by atomic mass is 35.5. The number of alkyl halides is 3. The Morgan fingerprint density at radius 3 is 2.08 bits per heavy atom. The van der Waals surface area contributed by atoms with E-state index in [1.54, 1.807) is 6.92 Å². The third kappa shape index (κ3) is 9.38. The lowest BCUT2D eigenvalue weighted by Gasteiger charge is -2.20. The van der Waals surface area contributed by atoms with Gasteiger partial charge in [-0.15, -0.1) is 0 Å². The maximum Gasteiger partial charge on any atom is 0.411 e. The number of aromatic hydroxyl groups is 1. The number of ether oxygens (including phenoxy) is 1. The minimum atomic E-state index is -4.65. The zero-order chi connectivity index (χ0) is 39.6. The van der Waals surface area contributed by atoms with Crippen molar-refractivity contribution < 1.29 is 63.9 Å². The molecule has 3 aromatic rings. The summed E-state index contributed by atoms with van der Waals surface area (Å²) in [6.07, 6.45) is -0.565. The zero-order valence-corrected chi connectivity index (χ0v) is 31.0. The number of hydrogen-bond acceptors (Lipinski definition) is 13. The molecule has 1 fully saturated rings. The van der Waals surface area contributed by atoms with Gasteiger partial charge >= 0.3 is 6.18 Å². The monoisotopic (exact) mass is 803 g/mol. The summed E-state index contributed by atoms with van der Waals surface area (Å²) in [5.41, 5.74) is 1.02. The summed E-state index contributed by atoms with van der Waals surface area (Å²) in [7, 11) is -5.90. The normalized spacial score (nSPS) is 15.4. The second-order valence-corrected chi connectivity index (χ2v) is 16.6. The second kappa shape index (κ2) is 15.9. The van der Waals surface area contributed by atoms with E-state index in [1.807, 2.05) is 0 Å². The van der Waals surface area contributed by atoms with Crippen LogP contribution in [0.2, 0.25) is 5.02 Å². The first-order chi connectivity index (χ1) is 24.5. The highest BCUT2D eigenvalue weighted by Gasteiger charge is 2.38. The van der Waals surface area contributed by atoms with Crippen LogP contribution in [0.3, 0.4) is 0 Å². The molecule has 0 unspecified atom stereocenters. The average Bonchev–Trinajstić information content (AvgIpc) is 3.69. The molecule has 1 aliphatic carbocycles. The van der Waals surface area contributed by atoms with Crippen molar-refractivity contribution in [2.75, 3.05) is 25.7 Å². The van der Waals surface area contributed by atoms with Crippen LogP contribution in [-0.4, -0.2) is 92.5 Å². The molecule has 2 aromatic carbocycles. The Balaban J connectivity index is 0.000000238. The highest BCUT2D eigenvalue weighted by Crippen LogP contribution is 2.33. The Labute approximate surface area is 306 Å².